The summed E-state index contributed by atoms with van der Waals surface area (Å²) < 4.78 is 26.6. The molecule has 1 aliphatic heterocycles. The number of hydrogen-bond acceptors (Lipinski definition) is 17. The number of carbonyl (C=O) groups excluding carboxylic acids is 5. The highest BCUT2D eigenvalue weighted by Gasteiger charge is 2.42. The van der Waals surface area contributed by atoms with Crippen molar-refractivity contribution in [1.82, 2.24) is 20.1 Å². The molecule has 1 saturated heterocycles. The number of fused-ring (bicyclic) bond motifs is 1. The smallest absolute Gasteiger partial charge is 0.326 e. The highest BCUT2D eigenvalue weighted by molar-refractivity contribution is 8.78. The first kappa shape index (κ1) is 47.9. The predicted molar refractivity (Wildman–Crippen MR) is 218 cm³/mol. The third-order valence-corrected chi connectivity index (χ3v) is 13.3. The number of aromatic nitrogens is 2. The van der Waals surface area contributed by atoms with E-state index in [4.69, 9.17) is 23.6 Å². The number of ether oxygens (including phenoxy) is 4. The van der Waals surface area contributed by atoms with Gasteiger partial charge >= 0.3 is 17.9 Å². The van der Waals surface area contributed by atoms with Crippen LogP contribution in [0.4, 0.5) is 0 Å². The maximum Gasteiger partial charge on any atom is 0.326 e. The van der Waals surface area contributed by atoms with Crippen LogP contribution in [0.5, 0.6) is 0 Å². The molecule has 2 heterocycles. The predicted octanol–water partition coefficient (Wildman–Crippen LogP) is 4.32. The van der Waals surface area contributed by atoms with Gasteiger partial charge < -0.3 is 44.1 Å². The second-order valence-electron chi connectivity index (χ2n) is 14.9. The van der Waals surface area contributed by atoms with Gasteiger partial charge in [0, 0.05) is 54.3 Å². The lowest BCUT2D eigenvalue weighted by atomic mass is 9.91. The Morgan fingerprint density at radius 2 is 1.63 bits per heavy atom. The van der Waals surface area contributed by atoms with Crippen molar-refractivity contribution in [3.05, 3.63) is 34.4 Å². The summed E-state index contributed by atoms with van der Waals surface area (Å²) >= 11 is 0. The van der Waals surface area contributed by atoms with Gasteiger partial charge in [0.15, 0.2) is 0 Å². The fourth-order valence-electron chi connectivity index (χ4n) is 6.80. The van der Waals surface area contributed by atoms with Crippen LogP contribution >= 0.6 is 21.6 Å². The number of unbranched alkanes of at least 4 members (excludes halogenated alkanes) is 3. The number of benzene rings is 1. The first-order chi connectivity index (χ1) is 28.3. The second-order valence-corrected chi connectivity index (χ2v) is 17.4. The van der Waals surface area contributed by atoms with Crippen LogP contribution < -0.4 is 0 Å². The Kier molecular flexibility index (Phi) is 19.9. The van der Waals surface area contributed by atoms with E-state index in [9.17, 15) is 39.3 Å². The molecule has 2 aliphatic rings. The lowest BCUT2D eigenvalue weighted by molar-refractivity contribution is -0.227. The van der Waals surface area contributed by atoms with Crippen molar-refractivity contribution >= 4 is 62.8 Å². The van der Waals surface area contributed by atoms with E-state index in [1.54, 1.807) is 47.9 Å². The quantitative estimate of drug-likeness (QED) is 0.0465. The largest absolute Gasteiger partial charge is 0.465 e. The molecular formula is C40H58N4O13S2. The van der Waals surface area contributed by atoms with E-state index < -0.39 is 61.6 Å². The molecule has 0 spiro atoms. The molecular weight excluding hydrogens is 809 g/mol. The van der Waals surface area contributed by atoms with E-state index in [1.165, 1.54) is 22.6 Å². The number of hydrogen-bond donors (Lipinski definition) is 3. The number of allylic oxidation sites excluding steroid dienone is 1. The lowest BCUT2D eigenvalue weighted by Crippen LogP contribution is -2.58. The molecule has 3 N–H and O–H groups in total. The minimum atomic E-state index is -1.47. The summed E-state index contributed by atoms with van der Waals surface area (Å²) in [6.45, 7) is 4.54. The highest BCUT2D eigenvalue weighted by Crippen LogP contribution is 2.36. The summed E-state index contributed by atoms with van der Waals surface area (Å²) in [5, 5.41) is 37.8. The normalized spacial score (nSPS) is 23.5. The third kappa shape index (κ3) is 14.7. The van der Waals surface area contributed by atoms with Gasteiger partial charge in [0.2, 0.25) is 6.41 Å². The molecule has 1 aromatic carbocycles. The van der Waals surface area contributed by atoms with E-state index >= 15 is 0 Å². The first-order valence-electron chi connectivity index (χ1n) is 20.2. The van der Waals surface area contributed by atoms with Crippen molar-refractivity contribution in [2.24, 2.45) is 0 Å². The Morgan fingerprint density at radius 3 is 2.36 bits per heavy atom. The zero-order valence-electron chi connectivity index (χ0n) is 34.2. The monoisotopic (exact) mass is 866 g/mol. The van der Waals surface area contributed by atoms with E-state index in [0.29, 0.717) is 54.4 Å². The van der Waals surface area contributed by atoms with Gasteiger partial charge in [-0.2, -0.15) is 0 Å². The van der Waals surface area contributed by atoms with E-state index in [2.05, 4.69) is 17.2 Å². The molecule has 1 aliphatic carbocycles. The zero-order chi connectivity index (χ0) is 42.9. The summed E-state index contributed by atoms with van der Waals surface area (Å²) in [7, 11) is 4.82. The number of nitrogens with zero attached hydrogens (tertiary/aromatic N) is 4. The summed E-state index contributed by atoms with van der Waals surface area (Å²) in [4.78, 5) is 66.8. The molecule has 5 unspecified atom stereocenters. The molecule has 0 radical (unpaired) electrons. The van der Waals surface area contributed by atoms with Gasteiger partial charge in [-0.15, -0.1) is 0 Å². The van der Waals surface area contributed by atoms with Gasteiger partial charge in [-0.1, -0.05) is 47.8 Å². The molecule has 17 nitrogen and oxygen atoms in total. The lowest BCUT2D eigenvalue weighted by Gasteiger charge is -2.39. The molecule has 0 bridgehead atoms. The van der Waals surface area contributed by atoms with Crippen molar-refractivity contribution in [1.29, 1.82) is 0 Å². The maximum atomic E-state index is 13.1. The van der Waals surface area contributed by atoms with Crippen molar-refractivity contribution in [3.63, 3.8) is 0 Å². The van der Waals surface area contributed by atoms with Crippen LogP contribution in [0.25, 0.3) is 11.0 Å². The fraction of sp³-hybridized carbons (Fsp3) is 0.675. The molecule has 2 aromatic rings. The van der Waals surface area contributed by atoms with Crippen molar-refractivity contribution < 1.29 is 62.9 Å². The second kappa shape index (κ2) is 24.5. The Morgan fingerprint density at radius 1 is 0.898 bits per heavy atom. The molecule has 1 aromatic heterocycles. The number of carbonyl (C=O) groups is 5. The fourth-order valence-corrected chi connectivity index (χ4v) is 9.39. The Labute approximate surface area is 352 Å². The first-order valence-corrected chi connectivity index (χ1v) is 22.6. The van der Waals surface area contributed by atoms with Crippen molar-refractivity contribution in [2.45, 2.75) is 140 Å². The number of aliphatic hydroxyl groups excluding tert-OH is 3. The van der Waals surface area contributed by atoms with Gasteiger partial charge in [-0.3, -0.25) is 24.0 Å². The van der Waals surface area contributed by atoms with Crippen LogP contribution in [0, 0.1) is 0 Å². The molecule has 2 amide bonds. The van der Waals surface area contributed by atoms with Gasteiger partial charge in [0.1, 0.15) is 54.7 Å². The number of rotatable bonds is 23. The van der Waals surface area contributed by atoms with E-state index in [-0.39, 0.29) is 50.3 Å². The molecule has 328 valence electrons. The number of amides is 2. The molecule has 4 rings (SSSR count). The molecule has 19 heteroatoms. The average Bonchev–Trinajstić information content (AvgIpc) is 3.71. The molecule has 5 atom stereocenters. The van der Waals surface area contributed by atoms with Crippen LogP contribution in [0.2, 0.25) is 0 Å². The number of aliphatic hydroxyl groups is 3. The van der Waals surface area contributed by atoms with Gasteiger partial charge in [0.25, 0.3) is 5.91 Å². The van der Waals surface area contributed by atoms with Gasteiger partial charge in [0.05, 0.1) is 12.7 Å². The van der Waals surface area contributed by atoms with Crippen LogP contribution in [-0.4, -0.2) is 141 Å². The third-order valence-electron chi connectivity index (χ3n) is 10.5. The summed E-state index contributed by atoms with van der Waals surface area (Å²) in [6.07, 6.45) is 1.72. The summed E-state index contributed by atoms with van der Waals surface area (Å²) in [5.41, 5.74) is 2.06. The van der Waals surface area contributed by atoms with Crippen LogP contribution in [0.15, 0.2) is 33.4 Å². The minimum absolute atomic E-state index is 0.00132. The van der Waals surface area contributed by atoms with E-state index in [0.717, 1.165) is 36.3 Å². The number of esters is 3. The summed E-state index contributed by atoms with van der Waals surface area (Å²) in [6, 6.07) is 5.04. The zero-order valence-corrected chi connectivity index (χ0v) is 35.8. The van der Waals surface area contributed by atoms with E-state index in [1.807, 2.05) is 0 Å². The standard InChI is InChI=1S/C40H58N4O13S2/c1-5-6-7-8-20-58-59-33(25(2)44(24-45)22-36(48)54-23-32-38(50)39(51)37(49)26(3)55-32)18-19-53-34(46)10-9-11-35(47)56-29-15-13-28(14-16-29)43(4)40(52)27-12-17-30-31(21-27)42-57-41-30/h12,17,21,24,26,28-29,32,37-39,49-51H,5-11,13-16,18-20,22-23H2,1-4H3/b33-25-. The Balaban J connectivity index is 1.18. The molecule has 59 heavy (non-hydrogen) atoms. The van der Waals surface area contributed by atoms with Gasteiger partial charge in [-0.25, -0.2) is 4.63 Å². The van der Waals surface area contributed by atoms with Crippen LogP contribution in [0.1, 0.15) is 108 Å². The van der Waals surface area contributed by atoms with Crippen molar-refractivity contribution in [2.75, 3.05) is 32.6 Å². The Bertz CT molecular complexity index is 1720. The topological polar surface area (TPSA) is 228 Å². The van der Waals surface area contributed by atoms with Crippen LogP contribution in [0.3, 0.4) is 0 Å². The minimum Gasteiger partial charge on any atom is -0.465 e. The van der Waals surface area contributed by atoms with Gasteiger partial charge in [-0.05, 0) is 80.9 Å². The molecule has 1 saturated carbocycles. The SMILES string of the molecule is CCCCCCSS/C(CCOC(=O)CCCC(=O)OC1CCC(N(C)C(=O)c2ccc3nonc3c2)CC1)=C(/C)N(C=O)CC(=O)OCC1OC(C)C(O)C(O)C1O. The Hall–Kier alpha value is -3.75. The van der Waals surface area contributed by atoms with Crippen molar-refractivity contribution in [3.8, 4) is 0 Å². The maximum absolute atomic E-state index is 13.1. The average molecular weight is 867 g/mol. The molecule has 2 fully saturated rings. The van der Waals surface area contributed by atoms with Crippen LogP contribution in [-0.2, 0) is 38.1 Å². The highest BCUT2D eigenvalue weighted by atomic mass is 33.1. The summed E-state index contributed by atoms with van der Waals surface area (Å²) in [5.74, 6) is -0.915.